The van der Waals surface area contributed by atoms with Gasteiger partial charge in [-0.3, -0.25) is 9.69 Å². The number of unbranched alkanes of at least 4 members (excludes halogenated alkanes) is 1. The van der Waals surface area contributed by atoms with Crippen molar-refractivity contribution in [2.75, 3.05) is 41.0 Å². The maximum Gasteiger partial charge on any atom is 0.319 e. The van der Waals surface area contributed by atoms with Crippen LogP contribution in [0.2, 0.25) is 0 Å². The summed E-state index contributed by atoms with van der Waals surface area (Å²) in [6.45, 7) is 4.98. The van der Waals surface area contributed by atoms with Crippen LogP contribution in [0.4, 0.5) is 0 Å². The van der Waals surface area contributed by atoms with E-state index in [4.69, 9.17) is 14.2 Å². The third-order valence-corrected chi connectivity index (χ3v) is 7.33. The second kappa shape index (κ2) is 8.60. The van der Waals surface area contributed by atoms with Gasteiger partial charge in [0.2, 0.25) is 0 Å². The first kappa shape index (κ1) is 21.2. The van der Waals surface area contributed by atoms with E-state index in [2.05, 4.69) is 28.9 Å². The first-order valence-corrected chi connectivity index (χ1v) is 11.1. The standard InChI is InChI=1S/C24H34N2O4/c1-16-24(23(27)30-4)14-17(7-5-6-12-28-2)15-26(16)11-10-19-20-13-18(29-3)8-9-21(20)25-22(19)24/h8-9,13,16-17,25H,5-7,10-12,14-15H2,1-4H3. The highest BCUT2D eigenvalue weighted by Gasteiger charge is 2.56. The Labute approximate surface area is 178 Å². The summed E-state index contributed by atoms with van der Waals surface area (Å²) in [6, 6.07) is 6.21. The number of hydrogen-bond acceptors (Lipinski definition) is 5. The molecule has 1 aromatic carbocycles. The van der Waals surface area contributed by atoms with Gasteiger partial charge in [-0.25, -0.2) is 0 Å². The van der Waals surface area contributed by atoms with Crippen LogP contribution in [0, 0.1) is 5.92 Å². The number of piperidine rings is 1. The molecule has 1 fully saturated rings. The van der Waals surface area contributed by atoms with E-state index in [0.717, 1.165) is 74.1 Å². The lowest BCUT2D eigenvalue weighted by molar-refractivity contribution is -0.154. The third-order valence-electron chi connectivity index (χ3n) is 7.33. The van der Waals surface area contributed by atoms with Crippen molar-refractivity contribution in [2.45, 2.75) is 50.5 Å². The number of carbonyl (C=O) groups excluding carboxylic acids is 1. The van der Waals surface area contributed by atoms with Crippen molar-refractivity contribution in [3.05, 3.63) is 29.5 Å². The summed E-state index contributed by atoms with van der Waals surface area (Å²) >= 11 is 0. The first-order chi connectivity index (χ1) is 14.5. The number of H-pyrrole nitrogens is 1. The fourth-order valence-electron chi connectivity index (χ4n) is 5.75. The molecular weight excluding hydrogens is 380 g/mol. The molecule has 2 aromatic rings. The zero-order valence-corrected chi connectivity index (χ0v) is 18.6. The van der Waals surface area contributed by atoms with E-state index in [1.54, 1.807) is 14.2 Å². The van der Waals surface area contributed by atoms with Gasteiger partial charge < -0.3 is 19.2 Å². The van der Waals surface area contributed by atoms with E-state index in [-0.39, 0.29) is 12.0 Å². The molecule has 6 heteroatoms. The van der Waals surface area contributed by atoms with Gasteiger partial charge in [0.05, 0.1) is 14.2 Å². The molecule has 6 nitrogen and oxygen atoms in total. The van der Waals surface area contributed by atoms with Crippen LogP contribution in [0.3, 0.4) is 0 Å². The van der Waals surface area contributed by atoms with Crippen LogP contribution in [-0.4, -0.2) is 62.9 Å². The second-order valence-electron chi connectivity index (χ2n) is 8.83. The van der Waals surface area contributed by atoms with Crippen molar-refractivity contribution in [1.82, 2.24) is 9.88 Å². The lowest BCUT2D eigenvalue weighted by Crippen LogP contribution is -2.59. The van der Waals surface area contributed by atoms with Crippen LogP contribution in [0.25, 0.3) is 10.9 Å². The van der Waals surface area contributed by atoms with Gasteiger partial charge in [0.25, 0.3) is 0 Å². The molecule has 0 radical (unpaired) electrons. The number of fused-ring (bicyclic) bond motifs is 6. The van der Waals surface area contributed by atoms with E-state index in [9.17, 15) is 4.79 Å². The van der Waals surface area contributed by atoms with Crippen LogP contribution >= 0.6 is 0 Å². The second-order valence-corrected chi connectivity index (χ2v) is 8.83. The SMILES string of the molecule is COCCCCC1CN2CCc3c([nH]c4ccc(OC)cc34)C(C(=O)OC)(C1)C2C. The Hall–Kier alpha value is -2.05. The van der Waals surface area contributed by atoms with Crippen molar-refractivity contribution in [2.24, 2.45) is 5.92 Å². The van der Waals surface area contributed by atoms with E-state index < -0.39 is 5.41 Å². The average molecular weight is 415 g/mol. The summed E-state index contributed by atoms with van der Waals surface area (Å²) < 4.78 is 16.1. The number of nitrogens with one attached hydrogen (secondary N) is 1. The predicted molar refractivity (Wildman–Crippen MR) is 117 cm³/mol. The maximum atomic E-state index is 13.4. The van der Waals surface area contributed by atoms with Crippen molar-refractivity contribution in [1.29, 1.82) is 0 Å². The number of hydrogen-bond donors (Lipinski definition) is 1. The Morgan fingerprint density at radius 3 is 2.83 bits per heavy atom. The highest BCUT2D eigenvalue weighted by atomic mass is 16.5. The maximum absolute atomic E-state index is 13.4. The molecule has 4 rings (SSSR count). The monoisotopic (exact) mass is 414 g/mol. The topological polar surface area (TPSA) is 63.8 Å². The molecule has 1 N–H and O–H groups in total. The quantitative estimate of drug-likeness (QED) is 0.553. The van der Waals surface area contributed by atoms with Crippen molar-refractivity contribution in [3.63, 3.8) is 0 Å². The number of nitrogens with zero attached hydrogens (tertiary/aromatic N) is 1. The summed E-state index contributed by atoms with van der Waals surface area (Å²) in [7, 11) is 4.96. The Morgan fingerprint density at radius 2 is 2.10 bits per heavy atom. The summed E-state index contributed by atoms with van der Waals surface area (Å²) in [5.41, 5.74) is 2.68. The van der Waals surface area contributed by atoms with Gasteiger partial charge in [0.1, 0.15) is 11.2 Å². The molecule has 2 bridgehead atoms. The van der Waals surface area contributed by atoms with Crippen LogP contribution in [0.15, 0.2) is 18.2 Å². The molecule has 4 unspecified atom stereocenters. The van der Waals surface area contributed by atoms with E-state index >= 15 is 0 Å². The molecule has 2 aliphatic heterocycles. The molecule has 0 spiro atoms. The number of methoxy groups -OCH3 is 3. The first-order valence-electron chi connectivity index (χ1n) is 11.1. The highest BCUT2D eigenvalue weighted by Crippen LogP contribution is 2.48. The van der Waals surface area contributed by atoms with Gasteiger partial charge in [0, 0.05) is 49.4 Å². The molecule has 1 saturated heterocycles. The molecule has 0 saturated carbocycles. The van der Waals surface area contributed by atoms with Crippen LogP contribution < -0.4 is 4.74 Å². The Bertz CT molecular complexity index is 908. The zero-order chi connectivity index (χ0) is 21.3. The van der Waals surface area contributed by atoms with Gasteiger partial charge >= 0.3 is 5.97 Å². The Balaban J connectivity index is 1.79. The van der Waals surface area contributed by atoms with Crippen LogP contribution in [-0.2, 0) is 26.1 Å². The molecule has 0 aliphatic carbocycles. The van der Waals surface area contributed by atoms with Crippen molar-refractivity contribution in [3.8, 4) is 5.75 Å². The summed E-state index contributed by atoms with van der Waals surface area (Å²) in [5.74, 6) is 1.18. The number of rotatable bonds is 7. The third kappa shape index (κ3) is 3.40. The average Bonchev–Trinajstić information content (AvgIpc) is 3.11. The largest absolute Gasteiger partial charge is 0.497 e. The molecule has 30 heavy (non-hydrogen) atoms. The van der Waals surface area contributed by atoms with Crippen molar-refractivity contribution < 1.29 is 19.0 Å². The molecule has 3 heterocycles. The number of benzene rings is 1. The van der Waals surface area contributed by atoms with Gasteiger partial charge in [-0.1, -0.05) is 6.42 Å². The van der Waals surface area contributed by atoms with Crippen LogP contribution in [0.1, 0.15) is 43.9 Å². The molecule has 164 valence electrons. The zero-order valence-electron chi connectivity index (χ0n) is 18.6. The molecule has 0 amide bonds. The van der Waals surface area contributed by atoms with Gasteiger partial charge in [-0.15, -0.1) is 0 Å². The number of ether oxygens (including phenoxy) is 3. The fourth-order valence-corrected chi connectivity index (χ4v) is 5.75. The Kier molecular flexibility index (Phi) is 6.07. The summed E-state index contributed by atoms with van der Waals surface area (Å²) in [6.07, 6.45) is 5.03. The van der Waals surface area contributed by atoms with E-state index in [1.165, 1.54) is 12.7 Å². The van der Waals surface area contributed by atoms with E-state index in [1.807, 2.05) is 6.07 Å². The Morgan fingerprint density at radius 1 is 1.27 bits per heavy atom. The minimum atomic E-state index is -0.670. The predicted octanol–water partition coefficient (Wildman–Crippen LogP) is 3.67. The molecule has 2 aliphatic rings. The summed E-state index contributed by atoms with van der Waals surface area (Å²) in [4.78, 5) is 19.6. The van der Waals surface area contributed by atoms with Gasteiger partial charge in [-0.05, 0) is 62.3 Å². The normalized spacial score (nSPS) is 28.1. The van der Waals surface area contributed by atoms with Gasteiger partial charge in [-0.2, -0.15) is 0 Å². The molecule has 1 aromatic heterocycles. The molecule has 4 atom stereocenters. The summed E-state index contributed by atoms with van der Waals surface area (Å²) in [5, 5.41) is 1.16. The number of esters is 1. The molecular formula is C24H34N2O4. The minimum Gasteiger partial charge on any atom is -0.497 e. The van der Waals surface area contributed by atoms with Crippen LogP contribution in [0.5, 0.6) is 5.75 Å². The van der Waals surface area contributed by atoms with Gasteiger partial charge in [0.15, 0.2) is 0 Å². The number of aromatic nitrogens is 1. The smallest absolute Gasteiger partial charge is 0.319 e. The lowest BCUT2D eigenvalue weighted by Gasteiger charge is -2.48. The van der Waals surface area contributed by atoms with E-state index in [0.29, 0.717) is 5.92 Å². The number of carbonyl (C=O) groups is 1. The fraction of sp³-hybridized carbons (Fsp3) is 0.625. The lowest BCUT2D eigenvalue weighted by atomic mass is 9.67. The van der Waals surface area contributed by atoms with Crippen molar-refractivity contribution >= 4 is 16.9 Å². The number of aromatic amines is 1. The minimum absolute atomic E-state index is 0.0939. The highest BCUT2D eigenvalue weighted by molar-refractivity contribution is 5.92.